The highest BCUT2D eigenvalue weighted by molar-refractivity contribution is 9.10. The zero-order chi connectivity index (χ0) is 14.0. The number of carbonyl (C=O) groups excluding carboxylic acids is 1. The summed E-state index contributed by atoms with van der Waals surface area (Å²) in [5.74, 6) is 0.407. The molecular weight excluding hydrogens is 308 g/mol. The lowest BCUT2D eigenvalue weighted by Crippen LogP contribution is -2.12. The Hall–Kier alpha value is -1.62. The monoisotopic (exact) mass is 322 g/mol. The second-order valence-electron chi connectivity index (χ2n) is 4.66. The first-order valence-electron chi connectivity index (χ1n) is 6.02. The molecule has 0 aliphatic heterocycles. The van der Waals surface area contributed by atoms with E-state index >= 15 is 0 Å². The predicted octanol–water partition coefficient (Wildman–Crippen LogP) is 4.12. The Labute approximate surface area is 120 Å². The van der Waals surface area contributed by atoms with Gasteiger partial charge in [0.15, 0.2) is 0 Å². The van der Waals surface area contributed by atoms with Crippen LogP contribution in [0, 0.1) is 6.92 Å². The van der Waals surface area contributed by atoms with Gasteiger partial charge in [0, 0.05) is 10.5 Å². The summed E-state index contributed by atoms with van der Waals surface area (Å²) in [7, 11) is 0. The first-order chi connectivity index (χ1) is 8.99. The number of amides is 1. The van der Waals surface area contributed by atoms with Crippen molar-refractivity contribution in [2.75, 3.05) is 5.32 Å². The molecule has 0 bridgehead atoms. The molecule has 19 heavy (non-hydrogen) atoms. The van der Waals surface area contributed by atoms with Gasteiger partial charge in [0.1, 0.15) is 0 Å². The zero-order valence-electron chi connectivity index (χ0n) is 11.0. The second-order valence-corrected chi connectivity index (χ2v) is 5.45. The highest BCUT2D eigenvalue weighted by atomic mass is 79.9. The van der Waals surface area contributed by atoms with Gasteiger partial charge in [-0.25, -0.2) is 0 Å². The molecule has 0 saturated heterocycles. The van der Waals surface area contributed by atoms with Crippen LogP contribution in [0.2, 0.25) is 0 Å². The Morgan fingerprint density at radius 3 is 2.79 bits per heavy atom. The third-order valence-corrected chi connectivity index (χ3v) is 3.85. The number of benzene rings is 1. The van der Waals surface area contributed by atoms with E-state index in [9.17, 15) is 4.79 Å². The molecule has 2 rings (SSSR count). The highest BCUT2D eigenvalue weighted by Gasteiger charge is 2.14. The first kappa shape index (κ1) is 13.8. The quantitative estimate of drug-likeness (QED) is 0.924. The smallest absolute Gasteiger partial charge is 0.259 e. The predicted molar refractivity (Wildman–Crippen MR) is 77.4 cm³/mol. The molecule has 1 amide bonds. The van der Waals surface area contributed by atoms with Crippen LogP contribution in [0.15, 0.2) is 33.3 Å². The summed E-state index contributed by atoms with van der Waals surface area (Å²) in [6, 6.07) is 7.28. The fraction of sp³-hybridized carbons (Fsp3) is 0.286. The van der Waals surface area contributed by atoms with Gasteiger partial charge in [-0.3, -0.25) is 10.1 Å². The SMILES string of the molecule is Cc1cccc(C(=O)Nc2cc(C(C)C)no2)c1Br. The lowest BCUT2D eigenvalue weighted by Gasteiger charge is -2.05. The van der Waals surface area contributed by atoms with Crippen LogP contribution < -0.4 is 5.32 Å². The van der Waals surface area contributed by atoms with Crippen LogP contribution >= 0.6 is 15.9 Å². The minimum atomic E-state index is -0.220. The number of rotatable bonds is 3. The maximum absolute atomic E-state index is 12.1. The van der Waals surface area contributed by atoms with E-state index in [0.717, 1.165) is 15.7 Å². The van der Waals surface area contributed by atoms with E-state index in [1.165, 1.54) is 0 Å². The van der Waals surface area contributed by atoms with E-state index in [4.69, 9.17) is 4.52 Å². The van der Waals surface area contributed by atoms with Crippen LogP contribution in [0.5, 0.6) is 0 Å². The highest BCUT2D eigenvalue weighted by Crippen LogP contribution is 2.23. The molecule has 0 fully saturated rings. The van der Waals surface area contributed by atoms with E-state index in [1.54, 1.807) is 12.1 Å². The fourth-order valence-corrected chi connectivity index (χ4v) is 2.07. The Bertz CT molecular complexity index is 605. The number of aromatic nitrogens is 1. The Balaban J connectivity index is 2.18. The largest absolute Gasteiger partial charge is 0.338 e. The number of aryl methyl sites for hydroxylation is 1. The number of nitrogens with one attached hydrogen (secondary N) is 1. The van der Waals surface area contributed by atoms with E-state index in [-0.39, 0.29) is 11.8 Å². The lowest BCUT2D eigenvalue weighted by atomic mass is 10.1. The van der Waals surface area contributed by atoms with Crippen molar-refractivity contribution in [2.24, 2.45) is 0 Å². The molecule has 0 radical (unpaired) electrons. The summed E-state index contributed by atoms with van der Waals surface area (Å²) in [4.78, 5) is 12.1. The molecule has 0 unspecified atom stereocenters. The first-order valence-corrected chi connectivity index (χ1v) is 6.81. The van der Waals surface area contributed by atoms with Gasteiger partial charge < -0.3 is 4.52 Å². The molecule has 0 aliphatic rings. The fourth-order valence-electron chi connectivity index (χ4n) is 1.62. The molecule has 1 aromatic carbocycles. The molecule has 0 atom stereocenters. The molecule has 0 spiro atoms. The van der Waals surface area contributed by atoms with E-state index in [1.807, 2.05) is 32.9 Å². The maximum atomic E-state index is 12.1. The summed E-state index contributed by atoms with van der Waals surface area (Å²) in [5.41, 5.74) is 2.40. The van der Waals surface area contributed by atoms with Crippen molar-refractivity contribution in [3.8, 4) is 0 Å². The maximum Gasteiger partial charge on any atom is 0.259 e. The van der Waals surface area contributed by atoms with Crippen molar-refractivity contribution in [1.82, 2.24) is 5.16 Å². The van der Waals surface area contributed by atoms with Gasteiger partial charge in [0.05, 0.1) is 11.3 Å². The van der Waals surface area contributed by atoms with Crippen molar-refractivity contribution in [3.05, 3.63) is 45.6 Å². The van der Waals surface area contributed by atoms with Crippen molar-refractivity contribution in [1.29, 1.82) is 0 Å². The molecule has 4 nitrogen and oxygen atoms in total. The summed E-state index contributed by atoms with van der Waals surface area (Å²) in [5, 5.41) is 6.60. The standard InChI is InChI=1S/C14H15BrN2O2/c1-8(2)11-7-12(19-17-11)16-14(18)10-6-4-5-9(3)13(10)15/h4-8H,1-3H3,(H,16,18). The van der Waals surface area contributed by atoms with Crippen LogP contribution in [0.1, 0.15) is 41.4 Å². The van der Waals surface area contributed by atoms with Gasteiger partial charge in [-0.05, 0) is 40.4 Å². The third kappa shape index (κ3) is 3.04. The van der Waals surface area contributed by atoms with Gasteiger partial charge in [0.2, 0.25) is 5.88 Å². The van der Waals surface area contributed by atoms with E-state index in [2.05, 4.69) is 26.4 Å². The molecule has 100 valence electrons. The average molecular weight is 323 g/mol. The summed E-state index contributed by atoms with van der Waals surface area (Å²) in [6.45, 7) is 5.97. The van der Waals surface area contributed by atoms with Crippen LogP contribution in [-0.2, 0) is 0 Å². The summed E-state index contributed by atoms with van der Waals surface area (Å²) >= 11 is 3.42. The van der Waals surface area contributed by atoms with Gasteiger partial charge in [-0.1, -0.05) is 31.1 Å². The van der Waals surface area contributed by atoms with E-state index < -0.39 is 0 Å². The minimum Gasteiger partial charge on any atom is -0.338 e. The summed E-state index contributed by atoms with van der Waals surface area (Å²) < 4.78 is 5.88. The Morgan fingerprint density at radius 2 is 2.16 bits per heavy atom. The molecule has 1 N–H and O–H groups in total. The molecular formula is C14H15BrN2O2. The van der Waals surface area contributed by atoms with Gasteiger partial charge in [-0.2, -0.15) is 0 Å². The van der Waals surface area contributed by atoms with Gasteiger partial charge in [-0.15, -0.1) is 0 Å². The minimum absolute atomic E-state index is 0.220. The zero-order valence-corrected chi connectivity index (χ0v) is 12.6. The normalized spacial score (nSPS) is 10.8. The summed E-state index contributed by atoms with van der Waals surface area (Å²) in [6.07, 6.45) is 0. The van der Waals surface area contributed by atoms with Gasteiger partial charge in [0.25, 0.3) is 5.91 Å². The molecule has 0 saturated carbocycles. The number of nitrogens with zero attached hydrogens (tertiary/aromatic N) is 1. The number of carbonyl (C=O) groups is 1. The van der Waals surface area contributed by atoms with E-state index in [0.29, 0.717) is 11.4 Å². The lowest BCUT2D eigenvalue weighted by molar-refractivity contribution is 0.102. The van der Waals surface area contributed by atoms with Crippen LogP contribution in [0.4, 0.5) is 5.88 Å². The molecule has 0 aliphatic carbocycles. The Morgan fingerprint density at radius 1 is 1.42 bits per heavy atom. The average Bonchev–Trinajstić information content (AvgIpc) is 2.81. The van der Waals surface area contributed by atoms with Gasteiger partial charge >= 0.3 is 0 Å². The number of halogens is 1. The van der Waals surface area contributed by atoms with Crippen molar-refractivity contribution in [3.63, 3.8) is 0 Å². The van der Waals surface area contributed by atoms with Crippen LogP contribution in [-0.4, -0.2) is 11.1 Å². The number of hydrogen-bond acceptors (Lipinski definition) is 3. The molecule has 1 aromatic heterocycles. The van der Waals surface area contributed by atoms with Crippen molar-refractivity contribution in [2.45, 2.75) is 26.7 Å². The van der Waals surface area contributed by atoms with Crippen molar-refractivity contribution < 1.29 is 9.32 Å². The molecule has 1 heterocycles. The third-order valence-electron chi connectivity index (χ3n) is 2.79. The van der Waals surface area contributed by atoms with Crippen molar-refractivity contribution >= 4 is 27.7 Å². The second kappa shape index (κ2) is 5.57. The number of hydrogen-bond donors (Lipinski definition) is 1. The number of anilines is 1. The molecule has 2 aromatic rings. The van der Waals surface area contributed by atoms with Crippen LogP contribution in [0.25, 0.3) is 0 Å². The topological polar surface area (TPSA) is 55.1 Å². The Kier molecular flexibility index (Phi) is 4.04. The van der Waals surface area contributed by atoms with Crippen LogP contribution in [0.3, 0.4) is 0 Å². The molecule has 5 heteroatoms.